The number of nitrogens with zero attached hydrogens (tertiary/aromatic N) is 1. The van der Waals surface area contributed by atoms with E-state index in [1.54, 1.807) is 0 Å². The fraction of sp³-hybridized carbons (Fsp3) is 1.00. The summed E-state index contributed by atoms with van der Waals surface area (Å²) in [7, 11) is 3.26. The standard InChI is InChI=1S/C10H26NOSi/c1-7-8-11(2,3)9-10-12-13(4,5)6/h7-10H2,1-6H3/q+1. The zero-order valence-corrected chi connectivity index (χ0v) is 11.2. The molecule has 0 spiro atoms. The molecule has 0 amide bonds. The van der Waals surface area contributed by atoms with Crippen LogP contribution in [0.4, 0.5) is 0 Å². The molecule has 0 aliphatic heterocycles. The van der Waals surface area contributed by atoms with Gasteiger partial charge in [0.15, 0.2) is 8.32 Å². The molecule has 0 saturated heterocycles. The molecule has 0 N–H and O–H groups in total. The lowest BCUT2D eigenvalue weighted by Crippen LogP contribution is -2.44. The number of hydrogen-bond acceptors (Lipinski definition) is 1. The molecule has 0 aromatic carbocycles. The normalized spacial score (nSPS) is 13.4. The Hall–Kier alpha value is 0.137. The Morgan fingerprint density at radius 2 is 1.62 bits per heavy atom. The lowest BCUT2D eigenvalue weighted by molar-refractivity contribution is -0.890. The highest BCUT2D eigenvalue weighted by Gasteiger charge is 2.18. The van der Waals surface area contributed by atoms with Gasteiger partial charge in [-0.1, -0.05) is 6.92 Å². The van der Waals surface area contributed by atoms with E-state index in [9.17, 15) is 0 Å². The van der Waals surface area contributed by atoms with Gasteiger partial charge < -0.3 is 8.91 Å². The second-order valence-corrected chi connectivity index (χ2v) is 9.86. The number of rotatable bonds is 6. The van der Waals surface area contributed by atoms with Crippen molar-refractivity contribution in [3.05, 3.63) is 0 Å². The lowest BCUT2D eigenvalue weighted by Gasteiger charge is -2.30. The smallest absolute Gasteiger partial charge is 0.184 e. The van der Waals surface area contributed by atoms with Gasteiger partial charge in [0.05, 0.1) is 27.2 Å². The first kappa shape index (κ1) is 13.1. The van der Waals surface area contributed by atoms with Gasteiger partial charge in [-0.05, 0) is 26.1 Å². The fourth-order valence-electron chi connectivity index (χ4n) is 1.32. The van der Waals surface area contributed by atoms with E-state index in [0.717, 1.165) is 17.6 Å². The molecule has 80 valence electrons. The summed E-state index contributed by atoms with van der Waals surface area (Å²) in [6.45, 7) is 12.3. The number of hydrogen-bond donors (Lipinski definition) is 0. The Balaban J connectivity index is 3.63. The molecule has 2 nitrogen and oxygen atoms in total. The molecule has 0 rings (SSSR count). The third-order valence-electron chi connectivity index (χ3n) is 2.06. The first-order valence-electron chi connectivity index (χ1n) is 5.23. The van der Waals surface area contributed by atoms with Crippen LogP contribution in [0, 0.1) is 0 Å². The van der Waals surface area contributed by atoms with Gasteiger partial charge in [0.1, 0.15) is 6.54 Å². The van der Waals surface area contributed by atoms with Crippen molar-refractivity contribution in [2.45, 2.75) is 33.0 Å². The summed E-state index contributed by atoms with van der Waals surface area (Å²) in [5.74, 6) is 0. The first-order valence-corrected chi connectivity index (χ1v) is 8.64. The molecule has 0 bridgehead atoms. The Labute approximate surface area is 84.6 Å². The van der Waals surface area contributed by atoms with Crippen LogP contribution in [0.2, 0.25) is 19.6 Å². The minimum atomic E-state index is -1.29. The van der Waals surface area contributed by atoms with Crippen LogP contribution in [0.25, 0.3) is 0 Å². The van der Waals surface area contributed by atoms with Crippen molar-refractivity contribution in [2.24, 2.45) is 0 Å². The maximum absolute atomic E-state index is 5.83. The summed E-state index contributed by atoms with van der Waals surface area (Å²) in [5.41, 5.74) is 0. The van der Waals surface area contributed by atoms with Gasteiger partial charge in [0, 0.05) is 0 Å². The van der Waals surface area contributed by atoms with E-state index in [4.69, 9.17) is 4.43 Å². The van der Waals surface area contributed by atoms with Crippen LogP contribution in [0.3, 0.4) is 0 Å². The van der Waals surface area contributed by atoms with Crippen LogP contribution in [0.15, 0.2) is 0 Å². The molecule has 0 aliphatic carbocycles. The third kappa shape index (κ3) is 8.47. The van der Waals surface area contributed by atoms with Crippen molar-refractivity contribution >= 4 is 8.32 Å². The van der Waals surface area contributed by atoms with Gasteiger partial charge >= 0.3 is 0 Å². The fourth-order valence-corrected chi connectivity index (χ4v) is 2.02. The number of quaternary nitrogens is 1. The zero-order chi connectivity index (χ0) is 10.5. The second kappa shape index (κ2) is 5.13. The number of likely N-dealkylation sites (N-methyl/N-ethyl adjacent to an activating group) is 1. The van der Waals surface area contributed by atoms with E-state index >= 15 is 0 Å². The third-order valence-corrected chi connectivity index (χ3v) is 3.13. The summed E-state index contributed by atoms with van der Waals surface area (Å²) in [4.78, 5) is 0. The van der Waals surface area contributed by atoms with Gasteiger partial charge in [-0.3, -0.25) is 0 Å². The topological polar surface area (TPSA) is 9.23 Å². The van der Waals surface area contributed by atoms with E-state index in [2.05, 4.69) is 40.7 Å². The van der Waals surface area contributed by atoms with Gasteiger partial charge in [-0.25, -0.2) is 0 Å². The Kier molecular flexibility index (Phi) is 5.18. The van der Waals surface area contributed by atoms with Gasteiger partial charge in [-0.15, -0.1) is 0 Å². The maximum atomic E-state index is 5.83. The quantitative estimate of drug-likeness (QED) is 0.477. The molecule has 0 aromatic heterocycles. The Morgan fingerprint density at radius 3 is 2.00 bits per heavy atom. The molecular formula is C10H26NOSi+. The Morgan fingerprint density at radius 1 is 1.08 bits per heavy atom. The minimum Gasteiger partial charge on any atom is -0.412 e. The summed E-state index contributed by atoms with van der Waals surface area (Å²) in [5, 5.41) is 0. The summed E-state index contributed by atoms with van der Waals surface area (Å²) in [6, 6.07) is 0. The SMILES string of the molecule is CCC[N+](C)(C)CCO[Si](C)(C)C. The molecule has 0 atom stereocenters. The van der Waals surface area contributed by atoms with E-state index < -0.39 is 8.32 Å². The van der Waals surface area contributed by atoms with E-state index in [0.29, 0.717) is 0 Å². The van der Waals surface area contributed by atoms with Crippen molar-refractivity contribution < 1.29 is 8.91 Å². The van der Waals surface area contributed by atoms with Crippen molar-refractivity contribution in [3.63, 3.8) is 0 Å². The predicted molar refractivity (Wildman–Crippen MR) is 61.4 cm³/mol. The molecule has 0 radical (unpaired) electrons. The van der Waals surface area contributed by atoms with Crippen molar-refractivity contribution in [1.82, 2.24) is 0 Å². The molecule has 0 heterocycles. The minimum absolute atomic E-state index is 0.919. The maximum Gasteiger partial charge on any atom is 0.184 e. The molecular weight excluding hydrogens is 178 g/mol. The van der Waals surface area contributed by atoms with Crippen LogP contribution in [-0.2, 0) is 4.43 Å². The van der Waals surface area contributed by atoms with Crippen molar-refractivity contribution in [1.29, 1.82) is 0 Å². The van der Waals surface area contributed by atoms with E-state index in [1.807, 2.05) is 0 Å². The van der Waals surface area contributed by atoms with Crippen molar-refractivity contribution in [2.75, 3.05) is 33.8 Å². The molecule has 3 heteroatoms. The highest BCUT2D eigenvalue weighted by molar-refractivity contribution is 6.69. The van der Waals surface area contributed by atoms with Crippen LogP contribution in [-0.4, -0.2) is 46.6 Å². The molecule has 0 fully saturated rings. The monoisotopic (exact) mass is 204 g/mol. The highest BCUT2D eigenvalue weighted by atomic mass is 28.4. The van der Waals surface area contributed by atoms with Gasteiger partial charge in [0.25, 0.3) is 0 Å². The zero-order valence-electron chi connectivity index (χ0n) is 10.2. The van der Waals surface area contributed by atoms with Crippen LogP contribution < -0.4 is 0 Å². The summed E-state index contributed by atoms with van der Waals surface area (Å²) < 4.78 is 6.92. The first-order chi connectivity index (χ1) is 5.77. The molecule has 0 saturated carbocycles. The van der Waals surface area contributed by atoms with Crippen LogP contribution >= 0.6 is 0 Å². The summed E-state index contributed by atoms with van der Waals surface area (Å²) in [6.07, 6.45) is 1.25. The van der Waals surface area contributed by atoms with Gasteiger partial charge in [-0.2, -0.15) is 0 Å². The lowest BCUT2D eigenvalue weighted by atomic mass is 10.4. The molecule has 13 heavy (non-hydrogen) atoms. The molecule has 0 aliphatic rings. The largest absolute Gasteiger partial charge is 0.412 e. The second-order valence-electron chi connectivity index (χ2n) is 5.34. The van der Waals surface area contributed by atoms with Gasteiger partial charge in [0.2, 0.25) is 0 Å². The van der Waals surface area contributed by atoms with E-state index in [-0.39, 0.29) is 0 Å². The predicted octanol–water partition coefficient (Wildman–Crippen LogP) is 2.32. The van der Waals surface area contributed by atoms with Crippen LogP contribution in [0.1, 0.15) is 13.3 Å². The highest BCUT2D eigenvalue weighted by Crippen LogP contribution is 2.04. The average Bonchev–Trinajstić information content (AvgIpc) is 1.82. The van der Waals surface area contributed by atoms with Crippen molar-refractivity contribution in [3.8, 4) is 0 Å². The average molecular weight is 204 g/mol. The van der Waals surface area contributed by atoms with E-state index in [1.165, 1.54) is 13.0 Å². The Bertz CT molecular complexity index is 140. The molecule has 0 aromatic rings. The summed E-state index contributed by atoms with van der Waals surface area (Å²) >= 11 is 0. The molecule has 0 unspecified atom stereocenters. The van der Waals surface area contributed by atoms with Crippen LogP contribution in [0.5, 0.6) is 0 Å².